The van der Waals surface area contributed by atoms with E-state index in [1.807, 2.05) is 0 Å². The summed E-state index contributed by atoms with van der Waals surface area (Å²) in [5, 5.41) is 0. The van der Waals surface area contributed by atoms with Crippen LogP contribution in [0.4, 0.5) is 0 Å². The van der Waals surface area contributed by atoms with Crippen LogP contribution in [0, 0.1) is 5.41 Å². The maximum atomic E-state index is 12.9. The molecule has 0 radical (unpaired) electrons. The van der Waals surface area contributed by atoms with Crippen LogP contribution in [0.2, 0.25) is 0 Å². The van der Waals surface area contributed by atoms with E-state index in [4.69, 9.17) is 27.2 Å². The van der Waals surface area contributed by atoms with Crippen LogP contribution < -0.4 is 14.2 Å². The summed E-state index contributed by atoms with van der Waals surface area (Å²) in [5.41, 5.74) is 1.40. The van der Waals surface area contributed by atoms with Crippen LogP contribution in [0.3, 0.4) is 0 Å². The minimum absolute atomic E-state index is 0.00418. The van der Waals surface area contributed by atoms with Gasteiger partial charge < -0.3 is 18.9 Å². The van der Waals surface area contributed by atoms with Crippen LogP contribution in [-0.2, 0) is 16.0 Å². The average molecular weight is 445 g/mol. The van der Waals surface area contributed by atoms with Gasteiger partial charge in [0.2, 0.25) is 5.75 Å². The van der Waals surface area contributed by atoms with Crippen molar-refractivity contribution in [2.75, 3.05) is 20.7 Å². The molecule has 2 aromatic carbocycles. The van der Waals surface area contributed by atoms with Gasteiger partial charge in [0.1, 0.15) is 12.0 Å². The Balaban J connectivity index is 1.86. The Bertz CT molecular complexity index is 1230. The molecule has 0 amide bonds. The molecule has 0 heterocycles. The molecule has 0 spiro atoms. The molecule has 2 aliphatic rings. The first-order valence-electron chi connectivity index (χ1n) is 13.7. The molecular weight excluding hydrogens is 408 g/mol. The Morgan fingerprint density at radius 3 is 2.50 bits per heavy atom. The van der Waals surface area contributed by atoms with E-state index in [1.54, 1.807) is 38.1 Å². The average Bonchev–Trinajstić information content (AvgIpc) is 3.13. The number of benzene rings is 2. The first-order valence-corrected chi connectivity index (χ1v) is 10.7. The third-order valence-electron chi connectivity index (χ3n) is 6.24. The summed E-state index contributed by atoms with van der Waals surface area (Å²) in [6.07, 6.45) is 2.32. The van der Waals surface area contributed by atoms with Crippen molar-refractivity contribution < 1.29 is 36.8 Å². The number of ether oxygens (including phenoxy) is 4. The van der Waals surface area contributed by atoms with E-state index >= 15 is 0 Å². The van der Waals surface area contributed by atoms with Gasteiger partial charge >= 0.3 is 5.97 Å². The van der Waals surface area contributed by atoms with Crippen LogP contribution in [0.1, 0.15) is 63.7 Å². The normalized spacial score (nSPS) is 19.9. The van der Waals surface area contributed by atoms with Crippen molar-refractivity contribution in [1.29, 1.82) is 0 Å². The van der Waals surface area contributed by atoms with Gasteiger partial charge in [-0.2, -0.15) is 0 Å². The number of hydrogen-bond acceptors (Lipinski definition) is 6. The third kappa shape index (κ3) is 3.83. The van der Waals surface area contributed by atoms with Crippen LogP contribution in [0.5, 0.6) is 17.2 Å². The number of hydrogen-bond donors (Lipinski definition) is 0. The van der Waals surface area contributed by atoms with Gasteiger partial charge in [-0.1, -0.05) is 24.6 Å². The lowest BCUT2D eigenvalue weighted by Gasteiger charge is -2.39. The second-order valence-electron chi connectivity index (χ2n) is 8.61. The molecule has 0 N–H and O–H groups in total. The molecule has 0 saturated heterocycles. The van der Waals surface area contributed by atoms with Crippen molar-refractivity contribution in [2.45, 2.75) is 52.1 Å². The van der Waals surface area contributed by atoms with Crippen molar-refractivity contribution in [2.24, 2.45) is 5.41 Å². The fourth-order valence-electron chi connectivity index (χ4n) is 4.38. The van der Waals surface area contributed by atoms with E-state index in [0.717, 1.165) is 12.0 Å². The van der Waals surface area contributed by atoms with E-state index in [-0.39, 0.29) is 30.0 Å². The third-order valence-corrected chi connectivity index (χ3v) is 6.24. The van der Waals surface area contributed by atoms with Crippen LogP contribution >= 0.6 is 0 Å². The molecule has 0 aromatic heterocycles. The van der Waals surface area contributed by atoms with E-state index in [2.05, 4.69) is 0 Å². The fourth-order valence-corrected chi connectivity index (χ4v) is 4.38. The first-order chi connectivity index (χ1) is 17.7. The summed E-state index contributed by atoms with van der Waals surface area (Å²) < 4.78 is 67.8. The smallest absolute Gasteiger partial charge is 0.315 e. The SMILES string of the molecule is [2H]C([2H])([2H])Oc1ccc(-c2cccc3c2CCC3=O)c(OCC2(C(=O)OC(C)C)CCC2)c1OC([2H])([2H])[2H]. The minimum atomic E-state index is -2.97. The second-order valence-corrected chi connectivity index (χ2v) is 8.61. The molecule has 1 fully saturated rings. The Morgan fingerprint density at radius 2 is 1.81 bits per heavy atom. The van der Waals surface area contributed by atoms with Crippen molar-refractivity contribution in [1.82, 2.24) is 0 Å². The van der Waals surface area contributed by atoms with Crippen LogP contribution in [0.15, 0.2) is 30.3 Å². The maximum absolute atomic E-state index is 12.9. The highest BCUT2D eigenvalue weighted by Crippen LogP contribution is 2.49. The number of carbonyl (C=O) groups is 2. The van der Waals surface area contributed by atoms with Gasteiger partial charge in [0.05, 0.1) is 28.4 Å². The number of methoxy groups -OCH3 is 2. The van der Waals surface area contributed by atoms with E-state index in [1.165, 1.54) is 6.07 Å². The Labute approximate surface area is 197 Å². The number of esters is 1. The molecule has 32 heavy (non-hydrogen) atoms. The number of carbonyl (C=O) groups excluding carboxylic acids is 2. The lowest BCUT2D eigenvalue weighted by atomic mass is 9.69. The van der Waals surface area contributed by atoms with Gasteiger partial charge in [-0.3, -0.25) is 9.59 Å². The Hall–Kier alpha value is -3.02. The Kier molecular flexibility index (Phi) is 4.35. The molecule has 2 aliphatic carbocycles. The zero-order chi connectivity index (χ0) is 27.9. The molecule has 170 valence electrons. The monoisotopic (exact) mass is 444 g/mol. The lowest BCUT2D eigenvalue weighted by Crippen LogP contribution is -2.45. The number of rotatable bonds is 8. The fraction of sp³-hybridized carbons (Fsp3) is 0.462. The Morgan fingerprint density at radius 1 is 1.03 bits per heavy atom. The van der Waals surface area contributed by atoms with Crippen LogP contribution in [-0.4, -0.2) is 38.5 Å². The molecule has 0 aliphatic heterocycles. The highest BCUT2D eigenvalue weighted by atomic mass is 16.6. The number of Topliss-reactive ketones (excluding diaryl/α,β-unsaturated/α-hetero) is 1. The van der Waals surface area contributed by atoms with Gasteiger partial charge in [0.15, 0.2) is 17.3 Å². The zero-order valence-corrected chi connectivity index (χ0v) is 18.2. The lowest BCUT2D eigenvalue weighted by molar-refractivity contribution is -0.168. The topological polar surface area (TPSA) is 71.1 Å². The minimum Gasteiger partial charge on any atom is -0.493 e. The second kappa shape index (κ2) is 8.85. The highest BCUT2D eigenvalue weighted by Gasteiger charge is 2.47. The van der Waals surface area contributed by atoms with Crippen molar-refractivity contribution in [3.05, 3.63) is 41.5 Å². The van der Waals surface area contributed by atoms with E-state index in [9.17, 15) is 9.59 Å². The molecular formula is C26H30O6. The van der Waals surface area contributed by atoms with Gasteiger partial charge in [0, 0.05) is 17.5 Å². The standard InChI is InChI=1S/C26H30O6/c1-16(2)32-25(28)26(13-6-14-26)15-31-23-20(10-12-22(29-3)24(23)30-4)17-7-5-8-19-18(17)9-11-21(19)27/h5,7-8,10,12,16H,6,9,11,13-15H2,1-4H3/i3D3,4D3. The number of ketones is 1. The predicted molar refractivity (Wildman–Crippen MR) is 121 cm³/mol. The molecule has 0 unspecified atom stereocenters. The molecule has 6 heteroatoms. The molecule has 1 saturated carbocycles. The van der Waals surface area contributed by atoms with Crippen LogP contribution in [0.25, 0.3) is 11.1 Å². The van der Waals surface area contributed by atoms with Crippen molar-refractivity contribution >= 4 is 11.8 Å². The quantitative estimate of drug-likeness (QED) is 0.534. The maximum Gasteiger partial charge on any atom is 0.315 e. The molecule has 6 nitrogen and oxygen atoms in total. The predicted octanol–water partition coefficient (Wildman–Crippen LogP) is 5.00. The van der Waals surface area contributed by atoms with E-state index in [0.29, 0.717) is 42.4 Å². The molecule has 2 aromatic rings. The zero-order valence-electron chi connectivity index (χ0n) is 24.2. The summed E-state index contributed by atoms with van der Waals surface area (Å²) in [7, 11) is -5.87. The summed E-state index contributed by atoms with van der Waals surface area (Å²) in [4.78, 5) is 25.3. The van der Waals surface area contributed by atoms with E-state index < -0.39 is 31.2 Å². The number of fused-ring (bicyclic) bond motifs is 1. The first kappa shape index (κ1) is 15.7. The summed E-state index contributed by atoms with van der Waals surface area (Å²) in [5.74, 6) is -1.28. The van der Waals surface area contributed by atoms with Gasteiger partial charge in [-0.15, -0.1) is 0 Å². The largest absolute Gasteiger partial charge is 0.493 e. The summed E-state index contributed by atoms with van der Waals surface area (Å²) >= 11 is 0. The summed E-state index contributed by atoms with van der Waals surface area (Å²) in [6, 6.07) is 8.06. The molecule has 0 atom stereocenters. The molecule has 4 rings (SSSR count). The summed E-state index contributed by atoms with van der Waals surface area (Å²) in [6.45, 7) is 3.35. The molecule has 0 bridgehead atoms. The van der Waals surface area contributed by atoms with Crippen molar-refractivity contribution in [3.8, 4) is 28.4 Å². The van der Waals surface area contributed by atoms with Gasteiger partial charge in [-0.05, 0) is 56.4 Å². The highest BCUT2D eigenvalue weighted by molar-refractivity contribution is 6.02. The van der Waals surface area contributed by atoms with Gasteiger partial charge in [0.25, 0.3) is 0 Å². The van der Waals surface area contributed by atoms with Crippen molar-refractivity contribution in [3.63, 3.8) is 0 Å². The van der Waals surface area contributed by atoms with Gasteiger partial charge in [-0.25, -0.2) is 0 Å².